The van der Waals surface area contributed by atoms with Gasteiger partial charge in [0, 0.05) is 18.5 Å². The molecule has 0 unspecified atom stereocenters. The molecule has 1 fully saturated rings. The van der Waals surface area contributed by atoms with E-state index in [2.05, 4.69) is 9.97 Å². The van der Waals surface area contributed by atoms with Crippen LogP contribution in [0.5, 0.6) is 5.75 Å². The van der Waals surface area contributed by atoms with Crippen molar-refractivity contribution >= 4 is 17.2 Å². The normalized spacial score (nSPS) is 17.1. The highest BCUT2D eigenvalue weighted by Crippen LogP contribution is 2.33. The van der Waals surface area contributed by atoms with Crippen molar-refractivity contribution in [2.24, 2.45) is 0 Å². The molecule has 4 rings (SSSR count). The van der Waals surface area contributed by atoms with E-state index in [4.69, 9.17) is 9.15 Å². The highest BCUT2D eigenvalue weighted by Gasteiger charge is 2.32. The molecule has 0 bridgehead atoms. The number of thiazole rings is 1. The summed E-state index contributed by atoms with van der Waals surface area (Å²) in [5, 5.41) is 0. The molecule has 0 radical (unpaired) electrons. The summed E-state index contributed by atoms with van der Waals surface area (Å²) < 4.78 is 11.5. The highest BCUT2D eigenvalue weighted by atomic mass is 32.1. The minimum absolute atomic E-state index is 0.00618. The van der Waals surface area contributed by atoms with E-state index in [1.54, 1.807) is 25.0 Å². The van der Waals surface area contributed by atoms with Crippen LogP contribution in [0.25, 0.3) is 0 Å². The Morgan fingerprint density at radius 2 is 2.22 bits per heavy atom. The quantitative estimate of drug-likeness (QED) is 0.663. The molecule has 6 nitrogen and oxygen atoms in total. The van der Waals surface area contributed by atoms with E-state index in [1.165, 1.54) is 11.3 Å². The molecule has 0 N–H and O–H groups in total. The van der Waals surface area contributed by atoms with Crippen LogP contribution in [0.2, 0.25) is 0 Å². The average Bonchev–Trinajstić information content (AvgIpc) is 3.40. The lowest BCUT2D eigenvalue weighted by atomic mass is 10.0. The number of nitrogens with zero attached hydrogens (tertiary/aromatic N) is 3. The Morgan fingerprint density at radius 1 is 1.33 bits per heavy atom. The average molecular weight is 383 g/mol. The van der Waals surface area contributed by atoms with E-state index in [1.807, 2.05) is 29.2 Å². The maximum atomic E-state index is 12.8. The molecule has 1 saturated heterocycles. The van der Waals surface area contributed by atoms with Crippen LogP contribution in [0.15, 0.2) is 46.6 Å². The number of likely N-dealkylation sites (tertiary alicyclic amines) is 1. The third kappa shape index (κ3) is 3.73. The van der Waals surface area contributed by atoms with Crippen molar-refractivity contribution in [2.45, 2.75) is 31.7 Å². The molecule has 3 heterocycles. The van der Waals surface area contributed by atoms with Crippen LogP contribution in [0, 0.1) is 0 Å². The highest BCUT2D eigenvalue weighted by molar-refractivity contribution is 7.11. The second kappa shape index (κ2) is 7.92. The summed E-state index contributed by atoms with van der Waals surface area (Å²) in [6.45, 7) is 0.714. The molecule has 1 aliphatic heterocycles. The van der Waals surface area contributed by atoms with Crippen molar-refractivity contribution in [3.05, 3.63) is 64.3 Å². The molecule has 1 atom stereocenters. The summed E-state index contributed by atoms with van der Waals surface area (Å²) in [6, 6.07) is 7.75. The number of methoxy groups -OCH3 is 1. The lowest BCUT2D eigenvalue weighted by Crippen LogP contribution is -2.38. The number of carbonyl (C=O) groups excluding carboxylic acids is 1. The molecule has 2 aromatic heterocycles. The Morgan fingerprint density at radius 3 is 3.04 bits per heavy atom. The molecule has 140 valence electrons. The number of benzene rings is 1. The van der Waals surface area contributed by atoms with Crippen molar-refractivity contribution in [3.8, 4) is 5.75 Å². The predicted molar refractivity (Wildman–Crippen MR) is 102 cm³/mol. The maximum absolute atomic E-state index is 12.8. The Labute approximate surface area is 161 Å². The van der Waals surface area contributed by atoms with Crippen LogP contribution in [0.3, 0.4) is 0 Å². The van der Waals surface area contributed by atoms with Crippen molar-refractivity contribution in [1.29, 1.82) is 0 Å². The third-order valence-electron chi connectivity index (χ3n) is 4.82. The molecule has 3 aromatic rings. The van der Waals surface area contributed by atoms with Crippen LogP contribution in [0.4, 0.5) is 0 Å². The first-order valence-electron chi connectivity index (χ1n) is 9.02. The fourth-order valence-electron chi connectivity index (χ4n) is 3.49. The number of oxazole rings is 1. The second-order valence-electron chi connectivity index (χ2n) is 6.53. The van der Waals surface area contributed by atoms with Gasteiger partial charge in [0.05, 0.1) is 25.0 Å². The Balaban J connectivity index is 1.54. The van der Waals surface area contributed by atoms with Crippen LogP contribution in [0.1, 0.15) is 52.2 Å². The van der Waals surface area contributed by atoms with E-state index in [9.17, 15) is 4.79 Å². The Bertz CT molecular complexity index is 907. The van der Waals surface area contributed by atoms with Gasteiger partial charge in [-0.3, -0.25) is 9.78 Å². The first-order chi connectivity index (χ1) is 13.3. The predicted octanol–water partition coefficient (Wildman–Crippen LogP) is 4.10. The van der Waals surface area contributed by atoms with Gasteiger partial charge in [-0.25, -0.2) is 4.98 Å². The van der Waals surface area contributed by atoms with Crippen LogP contribution in [-0.4, -0.2) is 34.4 Å². The van der Waals surface area contributed by atoms with Crippen molar-refractivity contribution in [3.63, 3.8) is 0 Å². The standard InChI is InChI=1S/C20H21N3O3S/c1-25-17-8-3-2-6-14(17)10-15-11-22-19(26-15)16-7-4-5-9-23(16)20(24)18-12-21-13-27-18/h2-3,6,8,11-13,16H,4-5,7,9-10H2,1H3/t16-/m1/s1. The first-order valence-corrected chi connectivity index (χ1v) is 9.90. The SMILES string of the molecule is COc1ccccc1Cc1cnc([C@H]2CCCCN2C(=O)c2cncs2)o1. The Kier molecular flexibility index (Phi) is 5.20. The smallest absolute Gasteiger partial charge is 0.266 e. The number of para-hydroxylation sites is 1. The molecular weight excluding hydrogens is 362 g/mol. The maximum Gasteiger partial charge on any atom is 0.266 e. The van der Waals surface area contributed by atoms with Gasteiger partial charge < -0.3 is 14.1 Å². The number of carbonyl (C=O) groups is 1. The second-order valence-corrected chi connectivity index (χ2v) is 7.42. The summed E-state index contributed by atoms with van der Waals surface area (Å²) in [7, 11) is 1.66. The van der Waals surface area contributed by atoms with Gasteiger partial charge >= 0.3 is 0 Å². The van der Waals surface area contributed by atoms with E-state index < -0.39 is 0 Å². The number of aromatic nitrogens is 2. The molecule has 0 spiro atoms. The first kappa shape index (κ1) is 17.7. The molecule has 27 heavy (non-hydrogen) atoms. The summed E-state index contributed by atoms with van der Waals surface area (Å²) in [4.78, 5) is 23.9. The van der Waals surface area contributed by atoms with Crippen LogP contribution >= 0.6 is 11.3 Å². The van der Waals surface area contributed by atoms with Gasteiger partial charge in [0.15, 0.2) is 0 Å². The monoisotopic (exact) mass is 383 g/mol. The summed E-state index contributed by atoms with van der Waals surface area (Å²) >= 11 is 1.37. The molecular formula is C20H21N3O3S. The topological polar surface area (TPSA) is 68.5 Å². The van der Waals surface area contributed by atoms with Crippen LogP contribution < -0.4 is 4.74 Å². The fraction of sp³-hybridized carbons (Fsp3) is 0.350. The van der Waals surface area contributed by atoms with Gasteiger partial charge in [0.1, 0.15) is 22.4 Å². The lowest BCUT2D eigenvalue weighted by molar-refractivity contribution is 0.0575. The number of amides is 1. The van der Waals surface area contributed by atoms with Crippen molar-refractivity contribution < 1.29 is 13.9 Å². The van der Waals surface area contributed by atoms with Gasteiger partial charge in [-0.05, 0) is 25.3 Å². The van der Waals surface area contributed by atoms with Gasteiger partial charge in [-0.15, -0.1) is 11.3 Å². The molecule has 1 aliphatic rings. The molecule has 1 amide bonds. The lowest BCUT2D eigenvalue weighted by Gasteiger charge is -2.33. The summed E-state index contributed by atoms with van der Waals surface area (Å²) in [5.41, 5.74) is 2.73. The number of rotatable bonds is 5. The van der Waals surface area contributed by atoms with Crippen molar-refractivity contribution in [2.75, 3.05) is 13.7 Å². The van der Waals surface area contributed by atoms with Gasteiger partial charge in [-0.1, -0.05) is 18.2 Å². The zero-order valence-corrected chi connectivity index (χ0v) is 15.9. The largest absolute Gasteiger partial charge is 0.496 e. The summed E-state index contributed by atoms with van der Waals surface area (Å²) in [6.07, 6.45) is 6.90. The molecule has 7 heteroatoms. The van der Waals surface area contributed by atoms with E-state index in [0.717, 1.165) is 36.3 Å². The zero-order valence-electron chi connectivity index (χ0n) is 15.1. The summed E-state index contributed by atoms with van der Waals surface area (Å²) in [5.74, 6) is 2.21. The van der Waals surface area contributed by atoms with E-state index in [0.29, 0.717) is 23.7 Å². The third-order valence-corrected chi connectivity index (χ3v) is 5.58. The zero-order chi connectivity index (χ0) is 18.6. The van der Waals surface area contributed by atoms with Gasteiger partial charge in [0.25, 0.3) is 5.91 Å². The number of hydrogen-bond acceptors (Lipinski definition) is 6. The Hall–Kier alpha value is -2.67. The molecule has 1 aromatic carbocycles. The molecule has 0 aliphatic carbocycles. The van der Waals surface area contributed by atoms with Gasteiger partial charge in [-0.2, -0.15) is 0 Å². The number of ether oxygens (including phenoxy) is 1. The van der Waals surface area contributed by atoms with E-state index in [-0.39, 0.29) is 11.9 Å². The van der Waals surface area contributed by atoms with Gasteiger partial charge in [0.2, 0.25) is 5.89 Å². The number of piperidine rings is 1. The fourth-order valence-corrected chi connectivity index (χ4v) is 4.06. The van der Waals surface area contributed by atoms with E-state index >= 15 is 0 Å². The minimum atomic E-state index is -0.125. The van der Waals surface area contributed by atoms with Crippen molar-refractivity contribution in [1.82, 2.24) is 14.9 Å². The van der Waals surface area contributed by atoms with Crippen LogP contribution in [-0.2, 0) is 6.42 Å². The minimum Gasteiger partial charge on any atom is -0.496 e. The molecule has 0 saturated carbocycles. The number of hydrogen-bond donors (Lipinski definition) is 0.